The van der Waals surface area contributed by atoms with Gasteiger partial charge >= 0.3 is 12.1 Å². The molecular formula is C6H12N4O3. The summed E-state index contributed by atoms with van der Waals surface area (Å²) >= 11 is 0. The van der Waals surface area contributed by atoms with E-state index in [9.17, 15) is 9.59 Å². The molecule has 0 radical (unpaired) electrons. The molecule has 0 atom stereocenters. The van der Waals surface area contributed by atoms with Crippen LogP contribution in [0.25, 0.3) is 0 Å². The third-order valence-electron chi connectivity index (χ3n) is 1.48. The van der Waals surface area contributed by atoms with E-state index in [0.29, 0.717) is 0 Å². The molecule has 7 heteroatoms. The molecule has 0 aliphatic carbocycles. The smallest absolute Gasteiger partial charge is 0.318 e. The number of aliphatic hydroxyl groups excluding tert-OH is 1. The highest BCUT2D eigenvalue weighted by atomic mass is 16.2. The molecule has 2 aliphatic heterocycles. The van der Waals surface area contributed by atoms with Crippen molar-refractivity contribution in [2.45, 2.75) is 19.3 Å². The van der Waals surface area contributed by atoms with Crippen LogP contribution in [0.15, 0.2) is 0 Å². The first-order valence-corrected chi connectivity index (χ1v) is 3.92. The molecule has 0 spiro atoms. The quantitative estimate of drug-likeness (QED) is 0.312. The second-order valence-electron chi connectivity index (χ2n) is 2.51. The van der Waals surface area contributed by atoms with Crippen LogP contribution in [0.1, 0.15) is 6.92 Å². The average molecular weight is 188 g/mol. The van der Waals surface area contributed by atoms with Crippen LogP contribution in [-0.2, 0) is 0 Å². The van der Waals surface area contributed by atoms with E-state index in [-0.39, 0.29) is 31.0 Å². The molecule has 0 aromatic carbocycles. The average Bonchev–Trinajstić information content (AvgIpc) is 2.44. The minimum atomic E-state index is -0.292. The maximum atomic E-state index is 10.5. The Kier molecular flexibility index (Phi) is 2.91. The molecule has 2 saturated heterocycles. The van der Waals surface area contributed by atoms with Gasteiger partial charge in [0.15, 0.2) is 0 Å². The summed E-state index contributed by atoms with van der Waals surface area (Å²) in [5.74, 6) is 0. The topological polar surface area (TPSA) is 102 Å². The van der Waals surface area contributed by atoms with Gasteiger partial charge in [0.25, 0.3) is 0 Å². The van der Waals surface area contributed by atoms with Crippen molar-refractivity contribution < 1.29 is 14.7 Å². The van der Waals surface area contributed by atoms with Crippen molar-refractivity contribution in [3.8, 4) is 0 Å². The van der Waals surface area contributed by atoms with Crippen molar-refractivity contribution in [3.05, 3.63) is 0 Å². The summed E-state index contributed by atoms with van der Waals surface area (Å²) < 4.78 is 0. The fourth-order valence-electron chi connectivity index (χ4n) is 1.05. The van der Waals surface area contributed by atoms with Crippen molar-refractivity contribution in [1.82, 2.24) is 21.3 Å². The Morgan fingerprint density at radius 3 is 1.54 bits per heavy atom. The van der Waals surface area contributed by atoms with E-state index in [2.05, 4.69) is 21.3 Å². The van der Waals surface area contributed by atoms with Crippen LogP contribution in [0.4, 0.5) is 9.59 Å². The summed E-state index contributed by atoms with van der Waals surface area (Å²) in [4.78, 5) is 21.1. The predicted octanol–water partition coefficient (Wildman–Crippen LogP) is -1.74. The molecule has 2 fully saturated rings. The Hall–Kier alpha value is -1.50. The monoisotopic (exact) mass is 188 g/mol. The molecular weight excluding hydrogens is 176 g/mol. The van der Waals surface area contributed by atoms with Gasteiger partial charge in [-0.1, -0.05) is 0 Å². The van der Waals surface area contributed by atoms with Crippen LogP contribution in [-0.4, -0.2) is 36.1 Å². The largest absolute Gasteiger partial charge is 0.397 e. The zero-order chi connectivity index (χ0) is 9.84. The standard InChI is InChI=1S/C4H6N4O2.C2H6O/c9-3-5-1-2(7-3)8-4(10)6-1;1-2-3/h1-2H,(H2,5,7,9)(H2,6,8,10);3H,2H2,1H3. The molecule has 0 aromatic heterocycles. The predicted molar refractivity (Wildman–Crippen MR) is 43.7 cm³/mol. The molecule has 0 aromatic rings. The van der Waals surface area contributed by atoms with Crippen molar-refractivity contribution >= 4 is 12.1 Å². The van der Waals surface area contributed by atoms with E-state index < -0.39 is 0 Å². The van der Waals surface area contributed by atoms with Gasteiger partial charge < -0.3 is 26.4 Å². The number of hydrogen-bond acceptors (Lipinski definition) is 3. The zero-order valence-electron chi connectivity index (χ0n) is 7.13. The van der Waals surface area contributed by atoms with Crippen LogP contribution >= 0.6 is 0 Å². The molecule has 2 rings (SSSR count). The number of nitrogens with one attached hydrogen (secondary N) is 4. The fourth-order valence-corrected chi connectivity index (χ4v) is 1.05. The first kappa shape index (κ1) is 9.59. The number of carbonyl (C=O) groups is 2. The van der Waals surface area contributed by atoms with Crippen LogP contribution < -0.4 is 21.3 Å². The molecule has 7 nitrogen and oxygen atoms in total. The summed E-state index contributed by atoms with van der Waals surface area (Å²) in [7, 11) is 0. The lowest BCUT2D eigenvalue weighted by Crippen LogP contribution is -2.39. The van der Waals surface area contributed by atoms with E-state index in [1.807, 2.05) is 0 Å². The minimum absolute atomic E-state index is 0.250. The van der Waals surface area contributed by atoms with Crippen LogP contribution in [0.2, 0.25) is 0 Å². The Balaban J connectivity index is 0.000000251. The summed E-state index contributed by atoms with van der Waals surface area (Å²) in [6.45, 7) is 1.93. The van der Waals surface area contributed by atoms with Gasteiger partial charge in [-0.2, -0.15) is 0 Å². The van der Waals surface area contributed by atoms with Gasteiger partial charge in [0.05, 0.1) is 0 Å². The molecule has 13 heavy (non-hydrogen) atoms. The van der Waals surface area contributed by atoms with Crippen molar-refractivity contribution in [2.24, 2.45) is 0 Å². The second kappa shape index (κ2) is 3.94. The van der Waals surface area contributed by atoms with Crippen molar-refractivity contribution in [3.63, 3.8) is 0 Å². The first-order chi connectivity index (χ1) is 6.17. The van der Waals surface area contributed by atoms with Gasteiger partial charge in [0, 0.05) is 6.61 Å². The molecule has 2 aliphatic rings. The Labute approximate surface area is 74.9 Å². The third kappa shape index (κ3) is 2.22. The van der Waals surface area contributed by atoms with Crippen molar-refractivity contribution in [2.75, 3.05) is 6.61 Å². The van der Waals surface area contributed by atoms with Gasteiger partial charge in [0.1, 0.15) is 12.3 Å². The molecule has 4 amide bonds. The minimum Gasteiger partial charge on any atom is -0.397 e. The van der Waals surface area contributed by atoms with Crippen LogP contribution in [0.3, 0.4) is 0 Å². The maximum Gasteiger partial charge on any atom is 0.318 e. The molecule has 0 saturated carbocycles. The van der Waals surface area contributed by atoms with E-state index >= 15 is 0 Å². The zero-order valence-corrected chi connectivity index (χ0v) is 7.13. The Bertz CT molecular complexity index is 182. The molecule has 0 unspecified atom stereocenters. The lowest BCUT2D eigenvalue weighted by atomic mass is 10.4. The molecule has 0 bridgehead atoms. The van der Waals surface area contributed by atoms with E-state index in [4.69, 9.17) is 5.11 Å². The number of aliphatic hydroxyl groups is 1. The number of rotatable bonds is 0. The molecule has 5 N–H and O–H groups in total. The molecule has 2 heterocycles. The van der Waals surface area contributed by atoms with Crippen LogP contribution in [0.5, 0.6) is 0 Å². The summed E-state index contributed by atoms with van der Waals surface area (Å²) in [6, 6.07) is -0.523. The summed E-state index contributed by atoms with van der Waals surface area (Å²) in [5.41, 5.74) is 0. The van der Waals surface area contributed by atoms with Gasteiger partial charge in [0.2, 0.25) is 0 Å². The number of amides is 4. The van der Waals surface area contributed by atoms with E-state index in [1.165, 1.54) is 0 Å². The lowest BCUT2D eigenvalue weighted by molar-refractivity contribution is 0.239. The highest BCUT2D eigenvalue weighted by Crippen LogP contribution is 2.00. The number of hydrogen-bond donors (Lipinski definition) is 5. The first-order valence-electron chi connectivity index (χ1n) is 3.92. The Morgan fingerprint density at radius 1 is 1.08 bits per heavy atom. The van der Waals surface area contributed by atoms with E-state index in [1.54, 1.807) is 6.92 Å². The van der Waals surface area contributed by atoms with E-state index in [0.717, 1.165) is 0 Å². The normalized spacial score (nSPS) is 28.8. The summed E-state index contributed by atoms with van der Waals surface area (Å²) in [5, 5.41) is 17.6. The lowest BCUT2D eigenvalue weighted by Gasteiger charge is -2.02. The number of urea groups is 2. The van der Waals surface area contributed by atoms with Crippen molar-refractivity contribution in [1.29, 1.82) is 0 Å². The SMILES string of the molecule is CCO.O=C1NC2NC(=O)NC2N1. The third-order valence-corrected chi connectivity index (χ3v) is 1.48. The van der Waals surface area contributed by atoms with Crippen LogP contribution in [0, 0.1) is 0 Å². The summed E-state index contributed by atoms with van der Waals surface area (Å²) in [6.07, 6.45) is -0.583. The van der Waals surface area contributed by atoms with Gasteiger partial charge in [-0.3, -0.25) is 0 Å². The highest BCUT2D eigenvalue weighted by molar-refractivity contribution is 5.84. The Morgan fingerprint density at radius 2 is 1.31 bits per heavy atom. The maximum absolute atomic E-state index is 10.5. The van der Waals surface area contributed by atoms with Gasteiger partial charge in [-0.15, -0.1) is 0 Å². The fraction of sp³-hybridized carbons (Fsp3) is 0.667. The van der Waals surface area contributed by atoms with Gasteiger partial charge in [-0.25, -0.2) is 9.59 Å². The highest BCUT2D eigenvalue weighted by Gasteiger charge is 2.38. The van der Waals surface area contributed by atoms with Gasteiger partial charge in [-0.05, 0) is 6.92 Å². The number of fused-ring (bicyclic) bond motifs is 1. The molecule has 74 valence electrons. The number of carbonyl (C=O) groups excluding carboxylic acids is 2. The second-order valence-corrected chi connectivity index (χ2v) is 2.51.